The summed E-state index contributed by atoms with van der Waals surface area (Å²) in [7, 11) is 1.57. The van der Waals surface area contributed by atoms with Gasteiger partial charge in [-0.3, -0.25) is 0 Å². The third kappa shape index (κ3) is 2.32. The molecule has 1 aromatic rings. The normalized spacial score (nSPS) is 10.4. The number of aryl methyl sites for hydroxylation is 1. The van der Waals surface area contributed by atoms with Gasteiger partial charge in [-0.1, -0.05) is 6.92 Å². The Morgan fingerprint density at radius 2 is 2.36 bits per heavy atom. The Morgan fingerprint density at radius 3 is 2.79 bits per heavy atom. The highest BCUT2D eigenvalue weighted by Crippen LogP contribution is 2.12. The number of oxazole rings is 1. The number of hydrogen-bond acceptors (Lipinski definition) is 4. The zero-order valence-corrected chi connectivity index (χ0v) is 8.24. The summed E-state index contributed by atoms with van der Waals surface area (Å²) >= 11 is 0. The van der Waals surface area contributed by atoms with E-state index in [0.717, 1.165) is 0 Å². The molecule has 0 atom stereocenters. The number of nitrogens with zero attached hydrogens (tertiary/aromatic N) is 1. The summed E-state index contributed by atoms with van der Waals surface area (Å²) in [5, 5.41) is 8.77. The fourth-order valence-electron chi connectivity index (χ4n) is 1.10. The largest absolute Gasteiger partial charge is 0.475 e. The highest BCUT2D eigenvalue weighted by atomic mass is 16.5. The number of ether oxygens (including phenoxy) is 1. The number of aromatic carboxylic acids is 1. The Labute approximate surface area is 81.7 Å². The second kappa shape index (κ2) is 4.76. The van der Waals surface area contributed by atoms with Crippen LogP contribution in [0.15, 0.2) is 4.42 Å². The standard InChI is InChI=1S/C9H13NO4/c1-3-6-8(9(11)12)14-7(10-6)4-5-13-2/h3-5H2,1-2H3,(H,11,12). The van der Waals surface area contributed by atoms with E-state index in [-0.39, 0.29) is 5.76 Å². The highest BCUT2D eigenvalue weighted by Gasteiger charge is 2.17. The van der Waals surface area contributed by atoms with E-state index in [2.05, 4.69) is 4.98 Å². The lowest BCUT2D eigenvalue weighted by molar-refractivity contribution is 0.0657. The summed E-state index contributed by atoms with van der Waals surface area (Å²) in [6.07, 6.45) is 1.05. The van der Waals surface area contributed by atoms with Crippen molar-refractivity contribution in [2.45, 2.75) is 19.8 Å². The molecule has 14 heavy (non-hydrogen) atoms. The summed E-state index contributed by atoms with van der Waals surface area (Å²) in [5.74, 6) is -0.710. The molecule has 0 spiro atoms. The van der Waals surface area contributed by atoms with Crippen LogP contribution in [-0.2, 0) is 17.6 Å². The number of methoxy groups -OCH3 is 1. The molecule has 1 aromatic heterocycles. The lowest BCUT2D eigenvalue weighted by atomic mass is 10.3. The van der Waals surface area contributed by atoms with Gasteiger partial charge in [0.15, 0.2) is 5.89 Å². The molecule has 0 aliphatic heterocycles. The van der Waals surface area contributed by atoms with Gasteiger partial charge in [-0.15, -0.1) is 0 Å². The second-order valence-electron chi connectivity index (χ2n) is 2.78. The van der Waals surface area contributed by atoms with Gasteiger partial charge in [0.1, 0.15) is 0 Å². The molecule has 0 bridgehead atoms. The van der Waals surface area contributed by atoms with Crippen LogP contribution in [0, 0.1) is 0 Å². The van der Waals surface area contributed by atoms with Crippen LogP contribution in [0.25, 0.3) is 0 Å². The summed E-state index contributed by atoms with van der Waals surface area (Å²) in [5.41, 5.74) is 0.489. The van der Waals surface area contributed by atoms with Gasteiger partial charge in [0.05, 0.1) is 12.3 Å². The minimum Gasteiger partial charge on any atom is -0.475 e. The van der Waals surface area contributed by atoms with Gasteiger partial charge in [0.25, 0.3) is 0 Å². The van der Waals surface area contributed by atoms with Crippen molar-refractivity contribution in [2.24, 2.45) is 0 Å². The molecule has 1 rings (SSSR count). The number of aromatic nitrogens is 1. The number of rotatable bonds is 5. The molecular weight excluding hydrogens is 186 g/mol. The van der Waals surface area contributed by atoms with E-state index in [0.29, 0.717) is 31.0 Å². The van der Waals surface area contributed by atoms with Gasteiger partial charge in [-0.05, 0) is 6.42 Å². The third-order valence-corrected chi connectivity index (χ3v) is 1.79. The maximum Gasteiger partial charge on any atom is 0.373 e. The summed E-state index contributed by atoms with van der Waals surface area (Å²) in [4.78, 5) is 14.8. The predicted molar refractivity (Wildman–Crippen MR) is 48.4 cm³/mol. The molecular formula is C9H13NO4. The molecule has 0 aromatic carbocycles. The smallest absolute Gasteiger partial charge is 0.373 e. The first-order valence-corrected chi connectivity index (χ1v) is 4.39. The maximum absolute atomic E-state index is 10.7. The van der Waals surface area contributed by atoms with Crippen LogP contribution in [0.1, 0.15) is 29.1 Å². The number of carboxylic acids is 1. The van der Waals surface area contributed by atoms with Crippen molar-refractivity contribution in [1.29, 1.82) is 0 Å². The average molecular weight is 199 g/mol. The highest BCUT2D eigenvalue weighted by molar-refractivity contribution is 5.85. The van der Waals surface area contributed by atoms with E-state index in [1.165, 1.54) is 0 Å². The fourth-order valence-corrected chi connectivity index (χ4v) is 1.10. The summed E-state index contributed by atoms with van der Waals surface area (Å²) in [6.45, 7) is 2.31. The maximum atomic E-state index is 10.7. The van der Waals surface area contributed by atoms with Gasteiger partial charge in [0, 0.05) is 13.5 Å². The van der Waals surface area contributed by atoms with Crippen LogP contribution in [0.2, 0.25) is 0 Å². The SMILES string of the molecule is CCc1nc(CCOC)oc1C(=O)O. The van der Waals surface area contributed by atoms with Crippen LogP contribution in [0.5, 0.6) is 0 Å². The summed E-state index contributed by atoms with van der Waals surface area (Å²) < 4.78 is 9.92. The van der Waals surface area contributed by atoms with Crippen LogP contribution < -0.4 is 0 Å². The minimum absolute atomic E-state index is 0.0568. The molecule has 0 radical (unpaired) electrons. The number of carbonyl (C=O) groups is 1. The molecule has 0 saturated heterocycles. The van der Waals surface area contributed by atoms with Crippen molar-refractivity contribution in [3.8, 4) is 0 Å². The van der Waals surface area contributed by atoms with E-state index in [1.807, 2.05) is 6.92 Å². The molecule has 78 valence electrons. The monoisotopic (exact) mass is 199 g/mol. The Balaban J connectivity index is 2.83. The molecule has 0 fully saturated rings. The lowest BCUT2D eigenvalue weighted by Crippen LogP contribution is -1.98. The molecule has 0 amide bonds. The second-order valence-corrected chi connectivity index (χ2v) is 2.78. The first-order chi connectivity index (χ1) is 6.69. The number of carboxylic acid groups (broad SMARTS) is 1. The Bertz CT molecular complexity index is 319. The van der Waals surface area contributed by atoms with Crippen LogP contribution >= 0.6 is 0 Å². The molecule has 0 aliphatic carbocycles. The third-order valence-electron chi connectivity index (χ3n) is 1.79. The molecule has 5 heteroatoms. The van der Waals surface area contributed by atoms with E-state index < -0.39 is 5.97 Å². The predicted octanol–water partition coefficient (Wildman–Crippen LogP) is 1.12. The molecule has 1 heterocycles. The van der Waals surface area contributed by atoms with Crippen molar-refractivity contribution >= 4 is 5.97 Å². The quantitative estimate of drug-likeness (QED) is 0.769. The van der Waals surface area contributed by atoms with Gasteiger partial charge < -0.3 is 14.3 Å². The first kappa shape index (κ1) is 10.7. The Kier molecular flexibility index (Phi) is 3.64. The van der Waals surface area contributed by atoms with Crippen LogP contribution in [0.3, 0.4) is 0 Å². The molecule has 0 saturated carbocycles. The molecule has 0 unspecified atom stereocenters. The van der Waals surface area contributed by atoms with Crippen molar-refractivity contribution in [3.63, 3.8) is 0 Å². The van der Waals surface area contributed by atoms with Crippen molar-refractivity contribution < 1.29 is 19.1 Å². The van der Waals surface area contributed by atoms with Gasteiger partial charge in [-0.2, -0.15) is 0 Å². The Hall–Kier alpha value is -1.36. The Morgan fingerprint density at radius 1 is 1.64 bits per heavy atom. The van der Waals surface area contributed by atoms with Gasteiger partial charge >= 0.3 is 5.97 Å². The zero-order chi connectivity index (χ0) is 10.6. The van der Waals surface area contributed by atoms with Crippen molar-refractivity contribution in [1.82, 2.24) is 4.98 Å². The topological polar surface area (TPSA) is 72.6 Å². The van der Waals surface area contributed by atoms with Crippen molar-refractivity contribution in [3.05, 3.63) is 17.3 Å². The average Bonchev–Trinajstić information content (AvgIpc) is 2.57. The lowest BCUT2D eigenvalue weighted by Gasteiger charge is -1.91. The number of hydrogen-bond donors (Lipinski definition) is 1. The molecule has 5 nitrogen and oxygen atoms in total. The van der Waals surface area contributed by atoms with Crippen LogP contribution in [-0.4, -0.2) is 29.8 Å². The van der Waals surface area contributed by atoms with E-state index in [1.54, 1.807) is 7.11 Å². The van der Waals surface area contributed by atoms with Gasteiger partial charge in [-0.25, -0.2) is 9.78 Å². The van der Waals surface area contributed by atoms with Gasteiger partial charge in [0.2, 0.25) is 5.76 Å². The van der Waals surface area contributed by atoms with E-state index in [9.17, 15) is 4.79 Å². The van der Waals surface area contributed by atoms with Crippen LogP contribution in [0.4, 0.5) is 0 Å². The van der Waals surface area contributed by atoms with Crippen molar-refractivity contribution in [2.75, 3.05) is 13.7 Å². The zero-order valence-electron chi connectivity index (χ0n) is 8.24. The first-order valence-electron chi connectivity index (χ1n) is 4.39. The fraction of sp³-hybridized carbons (Fsp3) is 0.556. The molecule has 1 N–H and O–H groups in total. The van der Waals surface area contributed by atoms with E-state index in [4.69, 9.17) is 14.3 Å². The molecule has 0 aliphatic rings. The summed E-state index contributed by atoms with van der Waals surface area (Å²) in [6, 6.07) is 0. The van der Waals surface area contributed by atoms with E-state index >= 15 is 0 Å². The minimum atomic E-state index is -1.07.